The van der Waals surface area contributed by atoms with E-state index in [2.05, 4.69) is 5.32 Å². The minimum absolute atomic E-state index is 0. The molecule has 0 aromatic heterocycles. The van der Waals surface area contributed by atoms with Crippen LogP contribution in [0, 0.1) is 0 Å². The van der Waals surface area contributed by atoms with Crippen molar-refractivity contribution in [1.82, 2.24) is 0 Å². The van der Waals surface area contributed by atoms with Crippen LogP contribution in [0.2, 0.25) is 0 Å². The van der Waals surface area contributed by atoms with Crippen molar-refractivity contribution in [3.63, 3.8) is 0 Å². The molecule has 0 aliphatic heterocycles. The SMILES string of the molecule is Cl.Cl.Cl.O.c1ccc(Nc2ccccc2)cc1. The number of hydrogen-bond donors (Lipinski definition) is 1. The highest BCUT2D eigenvalue weighted by molar-refractivity contribution is 5.86. The zero-order valence-electron chi connectivity index (χ0n) is 9.00. The maximum Gasteiger partial charge on any atom is 0.0384 e. The van der Waals surface area contributed by atoms with E-state index in [-0.39, 0.29) is 42.7 Å². The molecule has 0 amide bonds. The van der Waals surface area contributed by atoms with Crippen molar-refractivity contribution >= 4 is 48.6 Å². The number of halogens is 3. The van der Waals surface area contributed by atoms with Crippen molar-refractivity contribution in [3.8, 4) is 0 Å². The summed E-state index contributed by atoms with van der Waals surface area (Å²) in [6.45, 7) is 0. The number of rotatable bonds is 2. The fraction of sp³-hybridized carbons (Fsp3) is 0. The molecule has 0 spiro atoms. The lowest BCUT2D eigenvalue weighted by atomic mass is 10.3. The zero-order valence-corrected chi connectivity index (χ0v) is 11.4. The van der Waals surface area contributed by atoms with E-state index in [1.165, 1.54) is 0 Å². The zero-order chi connectivity index (χ0) is 8.93. The molecule has 0 saturated carbocycles. The first-order chi connectivity index (χ1) is 6.45. The van der Waals surface area contributed by atoms with Gasteiger partial charge in [-0.05, 0) is 24.3 Å². The van der Waals surface area contributed by atoms with Crippen molar-refractivity contribution in [2.45, 2.75) is 0 Å². The molecule has 0 unspecified atom stereocenters. The van der Waals surface area contributed by atoms with Crippen LogP contribution in [0.3, 0.4) is 0 Å². The first-order valence-electron chi connectivity index (χ1n) is 4.32. The summed E-state index contributed by atoms with van der Waals surface area (Å²) < 4.78 is 0. The highest BCUT2D eigenvalue weighted by atomic mass is 35.5. The molecular formula is C12H16Cl3NO. The number of anilines is 2. The molecule has 0 aliphatic carbocycles. The quantitative estimate of drug-likeness (QED) is 0.898. The van der Waals surface area contributed by atoms with E-state index in [1.54, 1.807) is 0 Å². The first-order valence-corrected chi connectivity index (χ1v) is 4.32. The van der Waals surface area contributed by atoms with Crippen LogP contribution >= 0.6 is 37.2 Å². The van der Waals surface area contributed by atoms with Crippen molar-refractivity contribution in [2.75, 3.05) is 5.32 Å². The molecule has 0 bridgehead atoms. The van der Waals surface area contributed by atoms with Gasteiger partial charge in [-0.1, -0.05) is 36.4 Å². The van der Waals surface area contributed by atoms with Gasteiger partial charge >= 0.3 is 0 Å². The lowest BCUT2D eigenvalue weighted by Gasteiger charge is -2.04. The summed E-state index contributed by atoms with van der Waals surface area (Å²) in [5.41, 5.74) is 2.24. The van der Waals surface area contributed by atoms with Crippen LogP contribution in [-0.2, 0) is 0 Å². The molecule has 0 atom stereocenters. The predicted octanol–water partition coefficient (Wildman–Crippen LogP) is 3.87. The molecule has 3 N–H and O–H groups in total. The molecule has 96 valence electrons. The second kappa shape index (κ2) is 11.6. The van der Waals surface area contributed by atoms with Crippen LogP contribution in [0.5, 0.6) is 0 Å². The van der Waals surface area contributed by atoms with Gasteiger partial charge in [0.05, 0.1) is 0 Å². The van der Waals surface area contributed by atoms with Gasteiger partial charge in [0.2, 0.25) is 0 Å². The molecule has 0 heterocycles. The smallest absolute Gasteiger partial charge is 0.0384 e. The number of para-hydroxylation sites is 2. The molecule has 0 fully saturated rings. The summed E-state index contributed by atoms with van der Waals surface area (Å²) in [6.07, 6.45) is 0. The van der Waals surface area contributed by atoms with Gasteiger partial charge in [0.25, 0.3) is 0 Å². The van der Waals surface area contributed by atoms with Gasteiger partial charge in [-0.2, -0.15) is 0 Å². The summed E-state index contributed by atoms with van der Waals surface area (Å²) in [6, 6.07) is 20.3. The van der Waals surface area contributed by atoms with Crippen LogP contribution in [0.4, 0.5) is 11.4 Å². The Balaban J connectivity index is -0.000000490. The number of benzene rings is 2. The van der Waals surface area contributed by atoms with E-state index in [0.717, 1.165) is 11.4 Å². The molecule has 2 rings (SSSR count). The summed E-state index contributed by atoms with van der Waals surface area (Å²) in [5, 5.41) is 3.30. The number of hydrogen-bond acceptors (Lipinski definition) is 1. The Morgan fingerprint density at radius 3 is 1.12 bits per heavy atom. The third-order valence-corrected chi connectivity index (χ3v) is 1.84. The van der Waals surface area contributed by atoms with Crippen LogP contribution in [0.15, 0.2) is 60.7 Å². The van der Waals surface area contributed by atoms with Crippen molar-refractivity contribution in [3.05, 3.63) is 60.7 Å². The normalized spacial score (nSPS) is 7.29. The Morgan fingerprint density at radius 1 is 0.529 bits per heavy atom. The van der Waals surface area contributed by atoms with E-state index in [4.69, 9.17) is 0 Å². The summed E-state index contributed by atoms with van der Waals surface area (Å²) in [7, 11) is 0. The third-order valence-electron chi connectivity index (χ3n) is 1.84. The Bertz CT molecular complexity index is 333. The van der Waals surface area contributed by atoms with Crippen LogP contribution in [0.1, 0.15) is 0 Å². The van der Waals surface area contributed by atoms with Gasteiger partial charge < -0.3 is 10.8 Å². The maximum absolute atomic E-state index is 3.30. The first kappa shape index (κ1) is 21.4. The summed E-state index contributed by atoms with van der Waals surface area (Å²) >= 11 is 0. The van der Waals surface area contributed by atoms with Gasteiger partial charge in [-0.25, -0.2) is 0 Å². The maximum atomic E-state index is 3.30. The van der Waals surface area contributed by atoms with E-state index in [9.17, 15) is 0 Å². The van der Waals surface area contributed by atoms with Crippen LogP contribution < -0.4 is 5.32 Å². The van der Waals surface area contributed by atoms with E-state index >= 15 is 0 Å². The van der Waals surface area contributed by atoms with Gasteiger partial charge in [-0.3, -0.25) is 0 Å². The molecule has 2 nitrogen and oxygen atoms in total. The van der Waals surface area contributed by atoms with Gasteiger partial charge in [-0.15, -0.1) is 37.2 Å². The van der Waals surface area contributed by atoms with Gasteiger partial charge in [0.15, 0.2) is 0 Å². The third kappa shape index (κ3) is 7.08. The Kier molecular flexibility index (Phi) is 14.5. The van der Waals surface area contributed by atoms with E-state index < -0.39 is 0 Å². The van der Waals surface area contributed by atoms with Gasteiger partial charge in [0, 0.05) is 11.4 Å². The second-order valence-corrected chi connectivity index (χ2v) is 2.86. The minimum Gasteiger partial charge on any atom is -0.412 e. The average Bonchev–Trinajstić information content (AvgIpc) is 2.21. The standard InChI is InChI=1S/C12H11N.3ClH.H2O/c1-3-7-11(8-4-1)13-12-9-5-2-6-10-12;;;;/h1-10,13H;3*1H;1H2. The van der Waals surface area contributed by atoms with Crippen molar-refractivity contribution in [2.24, 2.45) is 0 Å². The molecule has 2 aromatic carbocycles. The summed E-state index contributed by atoms with van der Waals surface area (Å²) in [4.78, 5) is 0. The molecular weight excluding hydrogens is 280 g/mol. The fourth-order valence-electron chi connectivity index (χ4n) is 1.21. The molecule has 17 heavy (non-hydrogen) atoms. The Hall–Kier alpha value is -0.930. The molecule has 0 radical (unpaired) electrons. The summed E-state index contributed by atoms with van der Waals surface area (Å²) in [5.74, 6) is 0. The second-order valence-electron chi connectivity index (χ2n) is 2.86. The Morgan fingerprint density at radius 2 is 0.824 bits per heavy atom. The molecule has 2 aromatic rings. The Labute approximate surface area is 120 Å². The number of nitrogens with one attached hydrogen (secondary N) is 1. The van der Waals surface area contributed by atoms with Crippen molar-refractivity contribution in [1.29, 1.82) is 0 Å². The van der Waals surface area contributed by atoms with E-state index in [0.29, 0.717) is 0 Å². The lowest BCUT2D eigenvalue weighted by molar-refractivity contribution is 0.824. The molecule has 5 heteroatoms. The molecule has 0 saturated heterocycles. The van der Waals surface area contributed by atoms with E-state index in [1.807, 2.05) is 60.7 Å². The fourth-order valence-corrected chi connectivity index (χ4v) is 1.21. The largest absolute Gasteiger partial charge is 0.412 e. The topological polar surface area (TPSA) is 43.5 Å². The molecule has 0 aliphatic rings. The highest BCUT2D eigenvalue weighted by Gasteiger charge is 1.89. The minimum atomic E-state index is 0. The van der Waals surface area contributed by atoms with Gasteiger partial charge in [0.1, 0.15) is 0 Å². The lowest BCUT2D eigenvalue weighted by Crippen LogP contribution is -1.87. The average molecular weight is 297 g/mol. The van der Waals surface area contributed by atoms with Crippen molar-refractivity contribution < 1.29 is 5.48 Å². The van der Waals surface area contributed by atoms with Crippen LogP contribution in [0.25, 0.3) is 0 Å². The monoisotopic (exact) mass is 295 g/mol. The highest BCUT2D eigenvalue weighted by Crippen LogP contribution is 2.14. The predicted molar refractivity (Wildman–Crippen MR) is 81.5 cm³/mol. The van der Waals surface area contributed by atoms with Crippen LogP contribution in [-0.4, -0.2) is 5.48 Å².